The summed E-state index contributed by atoms with van der Waals surface area (Å²) in [7, 11) is 1.43. The number of ketones is 1. The van der Waals surface area contributed by atoms with Crippen LogP contribution in [0.15, 0.2) is 58.2 Å². The van der Waals surface area contributed by atoms with Gasteiger partial charge in [-0.2, -0.15) is 0 Å². The Morgan fingerprint density at radius 2 is 1.92 bits per heavy atom. The van der Waals surface area contributed by atoms with Crippen LogP contribution >= 0.6 is 15.9 Å². The van der Waals surface area contributed by atoms with Crippen LogP contribution in [0.4, 0.5) is 4.79 Å². The number of urea groups is 1. The average Bonchev–Trinajstić information content (AvgIpc) is 2.63. The van der Waals surface area contributed by atoms with Crippen LogP contribution in [-0.2, 0) is 0 Å². The second-order valence-corrected chi connectivity index (χ2v) is 6.67. The van der Waals surface area contributed by atoms with Gasteiger partial charge in [-0.3, -0.25) is 4.79 Å². The first-order chi connectivity index (χ1) is 12.4. The summed E-state index contributed by atoms with van der Waals surface area (Å²) in [5.41, 5.74) is 2.04. The Morgan fingerprint density at radius 1 is 1.23 bits per heavy atom. The Morgan fingerprint density at radius 3 is 2.58 bits per heavy atom. The summed E-state index contributed by atoms with van der Waals surface area (Å²) in [5, 5.41) is 15.5. The maximum atomic E-state index is 13.1. The smallest absolute Gasteiger partial charge is 0.319 e. The van der Waals surface area contributed by atoms with Crippen LogP contribution in [0.1, 0.15) is 28.9 Å². The second-order valence-electron chi connectivity index (χ2n) is 5.82. The zero-order valence-electron chi connectivity index (χ0n) is 14.2. The molecule has 2 amide bonds. The molecule has 3 rings (SSSR count). The number of Topliss-reactive ketones (excluding diaryl/α,β-unsaturated/α-hetero) is 1. The number of methoxy groups -OCH3 is 1. The molecular formula is C19H17BrN2O4. The molecule has 0 spiro atoms. The van der Waals surface area contributed by atoms with Crippen LogP contribution in [0, 0.1) is 0 Å². The normalized spacial score (nSPS) is 16.7. The van der Waals surface area contributed by atoms with Crippen molar-refractivity contribution in [1.29, 1.82) is 0 Å². The highest BCUT2D eigenvalue weighted by atomic mass is 79.9. The minimum Gasteiger partial charge on any atom is -0.503 e. The van der Waals surface area contributed by atoms with Crippen LogP contribution in [0.3, 0.4) is 0 Å². The number of carbonyl (C=O) groups excluding carboxylic acids is 2. The molecule has 1 atom stereocenters. The number of aromatic hydroxyl groups is 1. The van der Waals surface area contributed by atoms with E-state index >= 15 is 0 Å². The molecule has 0 aromatic heterocycles. The van der Waals surface area contributed by atoms with Crippen molar-refractivity contribution in [2.45, 2.75) is 13.0 Å². The Kier molecular flexibility index (Phi) is 4.99. The van der Waals surface area contributed by atoms with Gasteiger partial charge in [-0.15, -0.1) is 0 Å². The van der Waals surface area contributed by atoms with Crippen LogP contribution in [0.2, 0.25) is 0 Å². The Hall–Kier alpha value is -2.80. The van der Waals surface area contributed by atoms with Gasteiger partial charge in [0, 0.05) is 16.8 Å². The Bertz CT molecular complexity index is 909. The van der Waals surface area contributed by atoms with E-state index in [4.69, 9.17) is 4.74 Å². The molecule has 0 unspecified atom stereocenters. The summed E-state index contributed by atoms with van der Waals surface area (Å²) < 4.78 is 5.59. The standard InChI is InChI=1S/C19H17BrN2O4/c1-10-15(17(23)11-6-4-3-5-7-11)16(22-19(25)21-10)12-8-13(20)18(24)14(9-12)26-2/h3-9,16,24H,1-2H3,(H2,21,22,25)/t16-/m1/s1. The maximum absolute atomic E-state index is 13.1. The molecule has 0 saturated heterocycles. The van der Waals surface area contributed by atoms with E-state index in [1.165, 1.54) is 7.11 Å². The number of benzene rings is 2. The minimum atomic E-state index is -0.678. The molecule has 0 fully saturated rings. The van der Waals surface area contributed by atoms with Gasteiger partial charge in [-0.25, -0.2) is 4.79 Å². The molecule has 0 aliphatic carbocycles. The fourth-order valence-electron chi connectivity index (χ4n) is 2.91. The molecule has 1 aliphatic rings. The lowest BCUT2D eigenvalue weighted by Gasteiger charge is -2.29. The molecule has 26 heavy (non-hydrogen) atoms. The highest BCUT2D eigenvalue weighted by molar-refractivity contribution is 9.10. The van der Waals surface area contributed by atoms with E-state index < -0.39 is 12.1 Å². The third-order valence-corrected chi connectivity index (χ3v) is 4.76. The largest absolute Gasteiger partial charge is 0.503 e. The van der Waals surface area contributed by atoms with E-state index in [0.29, 0.717) is 26.9 Å². The molecule has 0 radical (unpaired) electrons. The monoisotopic (exact) mass is 416 g/mol. The number of amides is 2. The molecule has 2 aromatic carbocycles. The lowest BCUT2D eigenvalue weighted by Crippen LogP contribution is -2.45. The van der Waals surface area contributed by atoms with Crippen molar-refractivity contribution < 1.29 is 19.4 Å². The number of rotatable bonds is 4. The third-order valence-electron chi connectivity index (χ3n) is 4.15. The fraction of sp³-hybridized carbons (Fsp3) is 0.158. The van der Waals surface area contributed by atoms with Crippen LogP contribution in [0.5, 0.6) is 11.5 Å². The van der Waals surface area contributed by atoms with E-state index in [2.05, 4.69) is 26.6 Å². The van der Waals surface area contributed by atoms with Crippen molar-refractivity contribution in [3.05, 3.63) is 69.3 Å². The Labute approximate surface area is 159 Å². The van der Waals surface area contributed by atoms with Gasteiger partial charge in [0.2, 0.25) is 0 Å². The molecule has 2 aromatic rings. The van der Waals surface area contributed by atoms with Crippen LogP contribution in [0.25, 0.3) is 0 Å². The average molecular weight is 417 g/mol. The van der Waals surface area contributed by atoms with E-state index in [1.807, 2.05) is 6.07 Å². The van der Waals surface area contributed by atoms with Gasteiger partial charge in [0.1, 0.15) is 0 Å². The van der Waals surface area contributed by atoms with Crippen molar-refractivity contribution in [3.63, 3.8) is 0 Å². The SMILES string of the molecule is COc1cc([C@H]2NC(=O)NC(C)=C2C(=O)c2ccccc2)cc(Br)c1O. The summed E-state index contributed by atoms with van der Waals surface area (Å²) >= 11 is 3.28. The van der Waals surface area contributed by atoms with Crippen molar-refractivity contribution >= 4 is 27.7 Å². The van der Waals surface area contributed by atoms with Gasteiger partial charge < -0.3 is 20.5 Å². The summed E-state index contributed by atoms with van der Waals surface area (Å²) in [6.07, 6.45) is 0. The first kappa shape index (κ1) is 18.0. The highest BCUT2D eigenvalue weighted by Crippen LogP contribution is 2.39. The van der Waals surface area contributed by atoms with Crippen molar-refractivity contribution in [2.24, 2.45) is 0 Å². The molecule has 1 heterocycles. The van der Waals surface area contributed by atoms with Gasteiger partial charge in [0.05, 0.1) is 17.6 Å². The molecule has 7 heteroatoms. The molecule has 134 valence electrons. The lowest BCUT2D eigenvalue weighted by atomic mass is 9.89. The number of hydrogen-bond donors (Lipinski definition) is 3. The van der Waals surface area contributed by atoms with Crippen LogP contribution < -0.4 is 15.4 Å². The van der Waals surface area contributed by atoms with Crippen molar-refractivity contribution in [2.75, 3.05) is 7.11 Å². The van der Waals surface area contributed by atoms with Gasteiger partial charge in [0.15, 0.2) is 17.3 Å². The molecule has 0 saturated carbocycles. The van der Waals surface area contributed by atoms with Crippen molar-refractivity contribution in [3.8, 4) is 11.5 Å². The van der Waals surface area contributed by atoms with E-state index in [0.717, 1.165) is 0 Å². The number of allylic oxidation sites excluding steroid dienone is 1. The first-order valence-electron chi connectivity index (χ1n) is 7.86. The van der Waals surface area contributed by atoms with Crippen molar-refractivity contribution in [1.82, 2.24) is 10.6 Å². The zero-order valence-corrected chi connectivity index (χ0v) is 15.8. The first-order valence-corrected chi connectivity index (χ1v) is 8.66. The van der Waals surface area contributed by atoms with Gasteiger partial charge >= 0.3 is 6.03 Å². The quantitative estimate of drug-likeness (QED) is 0.663. The second kappa shape index (κ2) is 7.21. The van der Waals surface area contributed by atoms with E-state index in [-0.39, 0.29) is 17.3 Å². The molecule has 0 bridgehead atoms. The number of carbonyl (C=O) groups is 2. The Balaban J connectivity index is 2.12. The number of phenolic OH excluding ortho intramolecular Hbond substituents is 1. The predicted molar refractivity (Wildman–Crippen MR) is 100 cm³/mol. The highest BCUT2D eigenvalue weighted by Gasteiger charge is 2.32. The van der Waals surface area contributed by atoms with E-state index in [1.54, 1.807) is 43.3 Å². The molecule has 3 N–H and O–H groups in total. The van der Waals surface area contributed by atoms with Gasteiger partial charge in [0.25, 0.3) is 0 Å². The number of nitrogens with one attached hydrogen (secondary N) is 2. The maximum Gasteiger partial charge on any atom is 0.319 e. The molecular weight excluding hydrogens is 400 g/mol. The summed E-state index contributed by atoms with van der Waals surface area (Å²) in [6.45, 7) is 1.69. The summed E-state index contributed by atoms with van der Waals surface area (Å²) in [6, 6.07) is 11.0. The summed E-state index contributed by atoms with van der Waals surface area (Å²) in [4.78, 5) is 25.1. The number of ether oxygens (including phenoxy) is 1. The number of phenols is 1. The fourth-order valence-corrected chi connectivity index (χ4v) is 3.37. The minimum absolute atomic E-state index is 0.0480. The lowest BCUT2D eigenvalue weighted by molar-refractivity contribution is 0.102. The zero-order chi connectivity index (χ0) is 18.8. The molecule has 6 nitrogen and oxygen atoms in total. The molecule has 1 aliphatic heterocycles. The topological polar surface area (TPSA) is 87.7 Å². The third kappa shape index (κ3) is 3.30. The number of hydrogen-bond acceptors (Lipinski definition) is 4. The van der Waals surface area contributed by atoms with Gasteiger partial charge in [-0.1, -0.05) is 30.3 Å². The van der Waals surface area contributed by atoms with E-state index in [9.17, 15) is 14.7 Å². The predicted octanol–water partition coefficient (Wildman–Crippen LogP) is 3.67. The van der Waals surface area contributed by atoms with Crippen LogP contribution in [-0.4, -0.2) is 24.0 Å². The number of halogens is 1. The van der Waals surface area contributed by atoms with Gasteiger partial charge in [-0.05, 0) is 40.5 Å². The summed E-state index contributed by atoms with van der Waals surface area (Å²) in [5.74, 6) is 0.00299.